The van der Waals surface area contributed by atoms with Crippen molar-refractivity contribution < 1.29 is 0 Å². The Balaban J connectivity index is 1.85. The predicted molar refractivity (Wildman–Crippen MR) is 66.3 cm³/mol. The molecule has 0 radical (unpaired) electrons. The van der Waals surface area contributed by atoms with Gasteiger partial charge in [-0.1, -0.05) is 6.07 Å². The first-order valence-electron chi connectivity index (χ1n) is 5.65. The van der Waals surface area contributed by atoms with Gasteiger partial charge in [0.15, 0.2) is 0 Å². The number of nitrogens with zero attached hydrogens (tertiary/aromatic N) is 3. The summed E-state index contributed by atoms with van der Waals surface area (Å²) in [6.07, 6.45) is 3.68. The fourth-order valence-electron chi connectivity index (χ4n) is 1.54. The van der Waals surface area contributed by atoms with Crippen LogP contribution >= 0.6 is 0 Å². The van der Waals surface area contributed by atoms with E-state index >= 15 is 0 Å². The molecule has 1 N–H and O–H groups in total. The molecule has 4 nitrogen and oxygen atoms in total. The van der Waals surface area contributed by atoms with E-state index < -0.39 is 0 Å². The molecule has 88 valence electrons. The van der Waals surface area contributed by atoms with E-state index in [4.69, 9.17) is 0 Å². The number of nitrogens with one attached hydrogen (secondary N) is 1. The molecule has 17 heavy (non-hydrogen) atoms. The lowest BCUT2D eigenvalue weighted by molar-refractivity contribution is 0.673. The zero-order chi connectivity index (χ0) is 12.1. The molecule has 0 aliphatic carbocycles. The van der Waals surface area contributed by atoms with Crippen LogP contribution in [0.5, 0.6) is 0 Å². The van der Waals surface area contributed by atoms with Gasteiger partial charge in [0, 0.05) is 31.2 Å². The lowest BCUT2D eigenvalue weighted by Crippen LogP contribution is -2.14. The molecule has 0 saturated carbocycles. The van der Waals surface area contributed by atoms with Crippen molar-refractivity contribution in [2.24, 2.45) is 0 Å². The smallest absolute Gasteiger partial charge is 0.125 e. The summed E-state index contributed by atoms with van der Waals surface area (Å²) in [5.41, 5.74) is 3.24. The van der Waals surface area contributed by atoms with E-state index in [2.05, 4.69) is 26.3 Å². The van der Waals surface area contributed by atoms with Crippen LogP contribution in [0.1, 0.15) is 22.8 Å². The van der Waals surface area contributed by atoms with E-state index in [1.54, 1.807) is 6.20 Å². The van der Waals surface area contributed by atoms with Crippen molar-refractivity contribution in [3.63, 3.8) is 0 Å². The Kier molecular flexibility index (Phi) is 3.77. The maximum atomic E-state index is 4.33. The molecule has 2 aromatic heterocycles. The van der Waals surface area contributed by atoms with Gasteiger partial charge in [0.1, 0.15) is 5.82 Å². The van der Waals surface area contributed by atoms with Gasteiger partial charge >= 0.3 is 0 Å². The second kappa shape index (κ2) is 5.50. The van der Waals surface area contributed by atoms with Crippen LogP contribution in [0, 0.1) is 13.8 Å². The maximum Gasteiger partial charge on any atom is 0.125 e. The predicted octanol–water partition coefficient (Wildman–Crippen LogP) is 1.78. The van der Waals surface area contributed by atoms with Gasteiger partial charge in [-0.15, -0.1) is 0 Å². The molecule has 0 spiro atoms. The molecular formula is C13H16N4. The van der Waals surface area contributed by atoms with E-state index in [0.29, 0.717) is 0 Å². The molecule has 2 rings (SSSR count). The average molecular weight is 228 g/mol. The minimum atomic E-state index is 0.747. The fourth-order valence-corrected chi connectivity index (χ4v) is 1.54. The first-order valence-corrected chi connectivity index (χ1v) is 5.65. The highest BCUT2D eigenvalue weighted by atomic mass is 14.9. The van der Waals surface area contributed by atoms with Crippen LogP contribution in [0.2, 0.25) is 0 Å². The number of rotatable bonds is 4. The van der Waals surface area contributed by atoms with Gasteiger partial charge in [-0.25, -0.2) is 9.97 Å². The lowest BCUT2D eigenvalue weighted by Gasteiger charge is -2.04. The van der Waals surface area contributed by atoms with Crippen molar-refractivity contribution in [1.82, 2.24) is 20.3 Å². The summed E-state index contributed by atoms with van der Waals surface area (Å²) in [7, 11) is 0. The van der Waals surface area contributed by atoms with Crippen LogP contribution in [0.15, 0.2) is 30.6 Å². The molecule has 0 aromatic carbocycles. The number of pyridine rings is 1. The largest absolute Gasteiger partial charge is 0.307 e. The fraction of sp³-hybridized carbons (Fsp3) is 0.308. The standard InChI is InChI=1S/C13H16N4/c1-10-3-4-12(8-16-10)7-14-9-13-5-6-15-11(2)17-13/h3-6,8,14H,7,9H2,1-2H3. The summed E-state index contributed by atoms with van der Waals surface area (Å²) in [4.78, 5) is 12.6. The van der Waals surface area contributed by atoms with Crippen molar-refractivity contribution in [3.05, 3.63) is 53.4 Å². The summed E-state index contributed by atoms with van der Waals surface area (Å²) in [6, 6.07) is 6.03. The zero-order valence-corrected chi connectivity index (χ0v) is 10.1. The third-order valence-electron chi connectivity index (χ3n) is 2.44. The second-order valence-corrected chi connectivity index (χ2v) is 4.01. The second-order valence-electron chi connectivity index (χ2n) is 4.01. The quantitative estimate of drug-likeness (QED) is 0.866. The third kappa shape index (κ3) is 3.60. The van der Waals surface area contributed by atoms with Crippen molar-refractivity contribution in [2.45, 2.75) is 26.9 Å². The monoisotopic (exact) mass is 228 g/mol. The normalized spacial score (nSPS) is 10.5. The molecule has 0 amide bonds. The highest BCUT2D eigenvalue weighted by Gasteiger charge is 1.96. The average Bonchev–Trinajstić information content (AvgIpc) is 2.32. The van der Waals surface area contributed by atoms with E-state index in [1.807, 2.05) is 32.2 Å². The third-order valence-corrected chi connectivity index (χ3v) is 2.44. The van der Waals surface area contributed by atoms with Gasteiger partial charge in [-0.3, -0.25) is 4.98 Å². The Labute approximate surface area is 101 Å². The first-order chi connectivity index (χ1) is 8.24. The van der Waals surface area contributed by atoms with Gasteiger partial charge in [-0.05, 0) is 31.5 Å². The zero-order valence-electron chi connectivity index (χ0n) is 10.1. The summed E-state index contributed by atoms with van der Waals surface area (Å²) >= 11 is 0. The summed E-state index contributed by atoms with van der Waals surface area (Å²) in [5.74, 6) is 0.807. The number of aromatic nitrogens is 3. The Bertz CT molecular complexity index is 479. The molecule has 0 bridgehead atoms. The Morgan fingerprint density at radius 3 is 2.65 bits per heavy atom. The topological polar surface area (TPSA) is 50.7 Å². The number of hydrogen-bond donors (Lipinski definition) is 1. The van der Waals surface area contributed by atoms with E-state index in [0.717, 1.165) is 30.3 Å². The summed E-state index contributed by atoms with van der Waals surface area (Å²) in [6.45, 7) is 5.43. The van der Waals surface area contributed by atoms with Gasteiger partial charge in [0.2, 0.25) is 0 Å². The maximum absolute atomic E-state index is 4.33. The first kappa shape index (κ1) is 11.7. The van der Waals surface area contributed by atoms with Crippen LogP contribution < -0.4 is 5.32 Å². The van der Waals surface area contributed by atoms with Gasteiger partial charge in [-0.2, -0.15) is 0 Å². The molecular weight excluding hydrogens is 212 g/mol. The molecule has 0 atom stereocenters. The van der Waals surface area contributed by atoms with Gasteiger partial charge in [0.25, 0.3) is 0 Å². The molecule has 0 aliphatic rings. The van der Waals surface area contributed by atoms with Crippen molar-refractivity contribution in [3.8, 4) is 0 Å². The summed E-state index contributed by atoms with van der Waals surface area (Å²) in [5, 5.41) is 3.33. The van der Waals surface area contributed by atoms with E-state index in [9.17, 15) is 0 Å². The van der Waals surface area contributed by atoms with Gasteiger partial charge < -0.3 is 5.32 Å². The molecule has 0 unspecified atom stereocenters. The van der Waals surface area contributed by atoms with Crippen LogP contribution in [0.25, 0.3) is 0 Å². The minimum Gasteiger partial charge on any atom is -0.307 e. The van der Waals surface area contributed by atoms with Crippen LogP contribution in [-0.4, -0.2) is 15.0 Å². The Morgan fingerprint density at radius 1 is 1.06 bits per heavy atom. The van der Waals surface area contributed by atoms with Gasteiger partial charge in [0.05, 0.1) is 5.69 Å². The van der Waals surface area contributed by atoms with E-state index in [1.165, 1.54) is 5.56 Å². The lowest BCUT2D eigenvalue weighted by atomic mass is 10.2. The SMILES string of the molecule is Cc1ccc(CNCc2ccnc(C)n2)cn1. The number of aryl methyl sites for hydroxylation is 2. The molecule has 2 heterocycles. The van der Waals surface area contributed by atoms with Crippen LogP contribution in [0.4, 0.5) is 0 Å². The highest BCUT2D eigenvalue weighted by Crippen LogP contribution is 2.00. The minimum absolute atomic E-state index is 0.747. The van der Waals surface area contributed by atoms with Crippen molar-refractivity contribution in [1.29, 1.82) is 0 Å². The van der Waals surface area contributed by atoms with Crippen molar-refractivity contribution >= 4 is 0 Å². The number of hydrogen-bond acceptors (Lipinski definition) is 4. The van der Waals surface area contributed by atoms with Crippen LogP contribution in [0.3, 0.4) is 0 Å². The van der Waals surface area contributed by atoms with Crippen molar-refractivity contribution in [2.75, 3.05) is 0 Å². The summed E-state index contributed by atoms with van der Waals surface area (Å²) < 4.78 is 0. The Hall–Kier alpha value is -1.81. The molecule has 0 saturated heterocycles. The van der Waals surface area contributed by atoms with Crippen LogP contribution in [-0.2, 0) is 13.1 Å². The molecule has 4 heteroatoms. The van der Waals surface area contributed by atoms with E-state index in [-0.39, 0.29) is 0 Å². The highest BCUT2D eigenvalue weighted by molar-refractivity contribution is 5.13. The Morgan fingerprint density at radius 2 is 1.94 bits per heavy atom. The molecule has 2 aromatic rings. The molecule has 0 aliphatic heterocycles. The molecule has 0 fully saturated rings.